The first-order valence-electron chi connectivity index (χ1n) is 7.95. The number of furan rings is 1. The molecule has 0 atom stereocenters. The van der Waals surface area contributed by atoms with E-state index in [-0.39, 0.29) is 0 Å². The maximum atomic E-state index is 8.98. The molecule has 0 fully saturated rings. The van der Waals surface area contributed by atoms with Crippen molar-refractivity contribution in [2.24, 2.45) is 0 Å². The summed E-state index contributed by atoms with van der Waals surface area (Å²) >= 11 is 0. The van der Waals surface area contributed by atoms with Crippen LogP contribution in [0.2, 0.25) is 0 Å². The number of hydrogen-bond acceptors (Lipinski definition) is 3. The first kappa shape index (κ1) is 14.9. The number of pyridine rings is 1. The van der Waals surface area contributed by atoms with Crippen molar-refractivity contribution in [1.29, 1.82) is 5.26 Å². The number of benzene rings is 2. The molecule has 2 aromatic heterocycles. The smallest absolute Gasteiger partial charge is 0.152 e. The van der Waals surface area contributed by atoms with Crippen molar-refractivity contribution >= 4 is 0 Å². The summed E-state index contributed by atoms with van der Waals surface area (Å²) in [7, 11) is 0. The molecule has 0 unspecified atom stereocenters. The summed E-state index contributed by atoms with van der Waals surface area (Å²) in [5, 5.41) is 8.98. The minimum absolute atomic E-state index is 0.634. The van der Waals surface area contributed by atoms with Gasteiger partial charge in [0.15, 0.2) is 5.76 Å². The molecular weight excluding hydrogens is 308 g/mol. The molecule has 0 saturated carbocycles. The van der Waals surface area contributed by atoms with Crippen LogP contribution in [0.5, 0.6) is 0 Å². The van der Waals surface area contributed by atoms with Gasteiger partial charge in [0.2, 0.25) is 0 Å². The summed E-state index contributed by atoms with van der Waals surface area (Å²) in [5.41, 5.74) is 5.41. The predicted molar refractivity (Wildman–Crippen MR) is 97.5 cm³/mol. The third-order valence-corrected chi connectivity index (χ3v) is 4.02. The zero-order valence-electron chi connectivity index (χ0n) is 13.4. The van der Waals surface area contributed by atoms with Crippen LogP contribution in [-0.4, -0.2) is 4.98 Å². The highest BCUT2D eigenvalue weighted by Crippen LogP contribution is 2.30. The second kappa shape index (κ2) is 6.46. The molecule has 0 aliphatic heterocycles. The summed E-state index contributed by atoms with van der Waals surface area (Å²) < 4.78 is 5.53. The summed E-state index contributed by atoms with van der Waals surface area (Å²) in [5.74, 6) is 0.729. The molecule has 0 radical (unpaired) electrons. The van der Waals surface area contributed by atoms with E-state index >= 15 is 0 Å². The first-order valence-corrected chi connectivity index (χ1v) is 7.95. The number of nitrogens with zero attached hydrogens (tertiary/aromatic N) is 2. The van der Waals surface area contributed by atoms with Gasteiger partial charge in [0.1, 0.15) is 5.69 Å². The number of nitriles is 1. The van der Waals surface area contributed by atoms with E-state index in [4.69, 9.17) is 14.7 Å². The molecule has 2 aromatic carbocycles. The lowest BCUT2D eigenvalue weighted by Gasteiger charge is -2.09. The van der Waals surface area contributed by atoms with E-state index in [2.05, 4.69) is 24.3 Å². The first-order chi connectivity index (χ1) is 12.3. The second-order valence-electron chi connectivity index (χ2n) is 5.66. The van der Waals surface area contributed by atoms with Gasteiger partial charge in [-0.3, -0.25) is 0 Å². The van der Waals surface area contributed by atoms with E-state index < -0.39 is 0 Å². The van der Waals surface area contributed by atoms with Gasteiger partial charge in [-0.15, -0.1) is 0 Å². The molecule has 0 bridgehead atoms. The lowest BCUT2D eigenvalue weighted by atomic mass is 10.0. The van der Waals surface area contributed by atoms with E-state index in [1.54, 1.807) is 18.4 Å². The monoisotopic (exact) mass is 322 g/mol. The lowest BCUT2D eigenvalue weighted by Crippen LogP contribution is -1.90. The van der Waals surface area contributed by atoms with E-state index in [1.807, 2.05) is 48.5 Å². The SMILES string of the molecule is N#Cc1ccc(-c2cc(-c3ccccc3)cc(-c3ccco3)n2)cc1. The van der Waals surface area contributed by atoms with Crippen LogP contribution in [0.1, 0.15) is 5.56 Å². The molecule has 0 saturated heterocycles. The summed E-state index contributed by atoms with van der Waals surface area (Å²) in [4.78, 5) is 4.75. The Kier molecular flexibility index (Phi) is 3.86. The van der Waals surface area contributed by atoms with Crippen molar-refractivity contribution in [2.45, 2.75) is 0 Å². The van der Waals surface area contributed by atoms with Crippen molar-refractivity contribution in [1.82, 2.24) is 4.98 Å². The van der Waals surface area contributed by atoms with E-state index in [9.17, 15) is 0 Å². The lowest BCUT2D eigenvalue weighted by molar-refractivity contribution is 0.580. The number of hydrogen-bond donors (Lipinski definition) is 0. The standard InChI is InChI=1S/C22H14N2O/c23-15-16-8-10-18(11-9-16)20-13-19(17-5-2-1-3-6-17)14-21(24-20)22-7-4-12-25-22/h1-14H. The average molecular weight is 322 g/mol. The molecule has 0 spiro atoms. The van der Waals surface area contributed by atoms with Gasteiger partial charge in [0.05, 0.1) is 23.6 Å². The van der Waals surface area contributed by atoms with Gasteiger partial charge < -0.3 is 4.42 Å². The highest BCUT2D eigenvalue weighted by molar-refractivity contribution is 5.75. The summed E-state index contributed by atoms with van der Waals surface area (Å²) in [6, 6.07) is 27.6. The number of rotatable bonds is 3. The van der Waals surface area contributed by atoms with Crippen LogP contribution in [0.15, 0.2) is 89.5 Å². The Hall–Kier alpha value is -3.64. The molecule has 3 nitrogen and oxygen atoms in total. The largest absolute Gasteiger partial charge is 0.463 e. The molecule has 4 rings (SSSR count). The van der Waals surface area contributed by atoms with Gasteiger partial charge in [-0.2, -0.15) is 5.26 Å². The van der Waals surface area contributed by atoms with Gasteiger partial charge in [0.25, 0.3) is 0 Å². The molecule has 0 aliphatic carbocycles. The Morgan fingerprint density at radius 1 is 0.720 bits per heavy atom. The van der Waals surface area contributed by atoms with Crippen LogP contribution in [0, 0.1) is 11.3 Å². The van der Waals surface area contributed by atoms with Crippen LogP contribution in [0.25, 0.3) is 33.8 Å². The van der Waals surface area contributed by atoms with Gasteiger partial charge in [-0.1, -0.05) is 42.5 Å². The van der Waals surface area contributed by atoms with Gasteiger partial charge >= 0.3 is 0 Å². The van der Waals surface area contributed by atoms with E-state index in [0.717, 1.165) is 33.8 Å². The fourth-order valence-corrected chi connectivity index (χ4v) is 2.74. The molecule has 4 aromatic rings. The van der Waals surface area contributed by atoms with Crippen LogP contribution in [0.3, 0.4) is 0 Å². The van der Waals surface area contributed by atoms with E-state index in [1.165, 1.54) is 0 Å². The van der Waals surface area contributed by atoms with Gasteiger partial charge in [-0.25, -0.2) is 4.98 Å². The maximum absolute atomic E-state index is 8.98. The topological polar surface area (TPSA) is 49.8 Å². The molecule has 25 heavy (non-hydrogen) atoms. The van der Waals surface area contributed by atoms with Crippen molar-refractivity contribution in [3.8, 4) is 39.9 Å². The summed E-state index contributed by atoms with van der Waals surface area (Å²) in [6.07, 6.45) is 1.65. The molecular formula is C22H14N2O. The fourth-order valence-electron chi connectivity index (χ4n) is 2.74. The van der Waals surface area contributed by atoms with Gasteiger partial charge in [0, 0.05) is 5.56 Å². The van der Waals surface area contributed by atoms with Crippen molar-refractivity contribution in [3.63, 3.8) is 0 Å². The van der Waals surface area contributed by atoms with Crippen molar-refractivity contribution in [3.05, 3.63) is 90.7 Å². The second-order valence-corrected chi connectivity index (χ2v) is 5.66. The highest BCUT2D eigenvalue weighted by atomic mass is 16.3. The predicted octanol–water partition coefficient (Wildman–Crippen LogP) is 5.55. The molecule has 0 N–H and O–H groups in total. The Bertz CT molecular complexity index is 1030. The molecule has 2 heterocycles. The van der Waals surface area contributed by atoms with Crippen LogP contribution < -0.4 is 0 Å². The molecule has 0 aliphatic rings. The minimum Gasteiger partial charge on any atom is -0.463 e. The molecule has 118 valence electrons. The summed E-state index contributed by atoms with van der Waals surface area (Å²) in [6.45, 7) is 0. The van der Waals surface area contributed by atoms with Crippen LogP contribution in [-0.2, 0) is 0 Å². The third-order valence-electron chi connectivity index (χ3n) is 4.02. The average Bonchev–Trinajstić information content (AvgIpc) is 3.23. The minimum atomic E-state index is 0.634. The van der Waals surface area contributed by atoms with E-state index in [0.29, 0.717) is 5.56 Å². The quantitative estimate of drug-likeness (QED) is 0.497. The number of aromatic nitrogens is 1. The zero-order valence-corrected chi connectivity index (χ0v) is 13.4. The normalized spacial score (nSPS) is 10.4. The Balaban J connectivity index is 1.88. The highest BCUT2D eigenvalue weighted by Gasteiger charge is 2.10. The Morgan fingerprint density at radius 2 is 1.48 bits per heavy atom. The molecule has 0 amide bonds. The van der Waals surface area contributed by atoms with Crippen LogP contribution in [0.4, 0.5) is 0 Å². The Morgan fingerprint density at radius 3 is 2.16 bits per heavy atom. The van der Waals surface area contributed by atoms with Crippen molar-refractivity contribution < 1.29 is 4.42 Å². The van der Waals surface area contributed by atoms with Crippen LogP contribution >= 0.6 is 0 Å². The van der Waals surface area contributed by atoms with Crippen molar-refractivity contribution in [2.75, 3.05) is 0 Å². The Labute approximate surface area is 145 Å². The fraction of sp³-hybridized carbons (Fsp3) is 0. The third kappa shape index (κ3) is 3.06. The van der Waals surface area contributed by atoms with Gasteiger partial charge in [-0.05, 0) is 47.5 Å². The maximum Gasteiger partial charge on any atom is 0.152 e. The molecule has 3 heteroatoms. The zero-order chi connectivity index (χ0) is 17.1.